The molecule has 9 heteroatoms. The van der Waals surface area contributed by atoms with Crippen LogP contribution in [0.4, 0.5) is 8.78 Å². The Morgan fingerprint density at radius 3 is 2.80 bits per heavy atom. The third-order valence-electron chi connectivity index (χ3n) is 2.33. The molecule has 1 rings (SSSR count). The number of hydrogen-bond donors (Lipinski definition) is 3. The summed E-state index contributed by atoms with van der Waals surface area (Å²) in [6.45, 7) is -0.934. The smallest absolute Gasteiger partial charge is 0.326 e. The number of hydrogen-bond acceptors (Lipinski definition) is 4. The molecule has 112 valence electrons. The molecular weight excluding hydrogens is 276 g/mol. The standard InChI is InChI=1S/C11H15F2N3O4/c12-9(13)5-20-2-1-10(17)16-8(11(18)19)3-7-4-14-6-15-7/h4,6,8-9H,1-3,5H2,(H,14,15)(H,16,17)(H,18,19)/t8-/m1/s1. The van der Waals surface area contributed by atoms with Gasteiger partial charge in [0, 0.05) is 24.7 Å². The molecule has 1 aromatic rings. The van der Waals surface area contributed by atoms with Crippen molar-refractivity contribution in [3.8, 4) is 0 Å². The van der Waals surface area contributed by atoms with Crippen molar-refractivity contribution in [1.29, 1.82) is 0 Å². The van der Waals surface area contributed by atoms with Gasteiger partial charge in [-0.15, -0.1) is 0 Å². The van der Waals surface area contributed by atoms with Crippen LogP contribution in [0.25, 0.3) is 0 Å². The second kappa shape index (κ2) is 8.20. The average Bonchev–Trinajstić information content (AvgIpc) is 2.86. The van der Waals surface area contributed by atoms with E-state index in [1.165, 1.54) is 12.5 Å². The molecule has 0 unspecified atom stereocenters. The zero-order valence-electron chi connectivity index (χ0n) is 10.5. The number of rotatable bonds is 9. The molecule has 0 aliphatic rings. The number of aromatic nitrogens is 2. The Balaban J connectivity index is 2.34. The summed E-state index contributed by atoms with van der Waals surface area (Å²) in [6.07, 6.45) is 0.130. The monoisotopic (exact) mass is 291 g/mol. The maximum absolute atomic E-state index is 11.8. The Morgan fingerprint density at radius 2 is 2.25 bits per heavy atom. The minimum atomic E-state index is -2.59. The molecule has 1 amide bonds. The first-order chi connectivity index (χ1) is 9.49. The maximum atomic E-state index is 11.8. The molecule has 20 heavy (non-hydrogen) atoms. The molecule has 3 N–H and O–H groups in total. The van der Waals surface area contributed by atoms with Crippen LogP contribution in [0.3, 0.4) is 0 Å². The van der Waals surface area contributed by atoms with E-state index in [-0.39, 0.29) is 19.4 Å². The summed E-state index contributed by atoms with van der Waals surface area (Å²) in [7, 11) is 0. The third kappa shape index (κ3) is 6.23. The third-order valence-corrected chi connectivity index (χ3v) is 2.33. The van der Waals surface area contributed by atoms with E-state index in [1.54, 1.807) is 0 Å². The van der Waals surface area contributed by atoms with Crippen molar-refractivity contribution >= 4 is 11.9 Å². The van der Waals surface area contributed by atoms with Gasteiger partial charge >= 0.3 is 5.97 Å². The number of alkyl halides is 2. The summed E-state index contributed by atoms with van der Waals surface area (Å²) in [5, 5.41) is 11.3. The number of ether oxygens (including phenoxy) is 1. The van der Waals surface area contributed by atoms with Crippen LogP contribution in [0.5, 0.6) is 0 Å². The molecule has 0 fully saturated rings. The number of amides is 1. The Kier molecular flexibility index (Phi) is 6.57. The Labute approximate surface area is 113 Å². The van der Waals surface area contributed by atoms with E-state index in [9.17, 15) is 18.4 Å². The van der Waals surface area contributed by atoms with Crippen molar-refractivity contribution in [2.75, 3.05) is 13.2 Å². The molecule has 0 aliphatic heterocycles. The first-order valence-corrected chi connectivity index (χ1v) is 5.84. The highest BCUT2D eigenvalue weighted by Gasteiger charge is 2.20. The molecule has 0 radical (unpaired) electrons. The summed E-state index contributed by atoms with van der Waals surface area (Å²) >= 11 is 0. The van der Waals surface area contributed by atoms with E-state index >= 15 is 0 Å². The molecule has 0 aliphatic carbocycles. The maximum Gasteiger partial charge on any atom is 0.326 e. The lowest BCUT2D eigenvalue weighted by Gasteiger charge is -2.13. The van der Waals surface area contributed by atoms with Crippen LogP contribution in [0.1, 0.15) is 12.1 Å². The van der Waals surface area contributed by atoms with Crippen LogP contribution in [-0.4, -0.2) is 52.6 Å². The molecule has 0 bridgehead atoms. The van der Waals surface area contributed by atoms with E-state index < -0.39 is 31.0 Å². The molecule has 7 nitrogen and oxygen atoms in total. The van der Waals surface area contributed by atoms with E-state index in [4.69, 9.17) is 5.11 Å². The number of nitrogens with zero attached hydrogens (tertiary/aromatic N) is 1. The first-order valence-electron chi connectivity index (χ1n) is 5.84. The second-order valence-electron chi connectivity index (χ2n) is 3.96. The SMILES string of the molecule is O=C(CCOCC(F)F)N[C@H](Cc1cnc[nH]1)C(=O)O. The summed E-state index contributed by atoms with van der Waals surface area (Å²) in [5.74, 6) is -1.77. The Bertz CT molecular complexity index is 425. The van der Waals surface area contributed by atoms with Crippen LogP contribution < -0.4 is 5.32 Å². The van der Waals surface area contributed by atoms with Gasteiger partial charge in [0.05, 0.1) is 12.9 Å². The van der Waals surface area contributed by atoms with Gasteiger partial charge in [-0.25, -0.2) is 18.6 Å². The van der Waals surface area contributed by atoms with Gasteiger partial charge in [-0.2, -0.15) is 0 Å². The van der Waals surface area contributed by atoms with Crippen molar-refractivity contribution in [3.05, 3.63) is 18.2 Å². The Hall–Kier alpha value is -2.03. The number of H-pyrrole nitrogens is 1. The van der Waals surface area contributed by atoms with Crippen molar-refractivity contribution in [3.63, 3.8) is 0 Å². The number of imidazole rings is 1. The highest BCUT2D eigenvalue weighted by Crippen LogP contribution is 2.00. The topological polar surface area (TPSA) is 104 Å². The zero-order chi connectivity index (χ0) is 15.0. The fourth-order valence-electron chi connectivity index (χ4n) is 1.42. The predicted octanol–water partition coefficient (Wildman–Crippen LogP) is 0.193. The van der Waals surface area contributed by atoms with E-state index in [1.807, 2.05) is 0 Å². The summed E-state index contributed by atoms with van der Waals surface area (Å²) in [5.41, 5.74) is 0.562. The van der Waals surface area contributed by atoms with Crippen molar-refractivity contribution < 1.29 is 28.2 Å². The summed E-state index contributed by atoms with van der Waals surface area (Å²) in [4.78, 5) is 28.9. The summed E-state index contributed by atoms with van der Waals surface area (Å²) in [6, 6.07) is -1.11. The zero-order valence-corrected chi connectivity index (χ0v) is 10.5. The van der Waals surface area contributed by atoms with Gasteiger partial charge in [0.15, 0.2) is 0 Å². The minimum absolute atomic E-state index is 0.0545. The average molecular weight is 291 g/mol. The quantitative estimate of drug-likeness (QED) is 0.564. The number of aliphatic carboxylic acids is 1. The number of carbonyl (C=O) groups excluding carboxylic acids is 1. The number of carboxylic acids is 1. The van der Waals surface area contributed by atoms with E-state index in [0.717, 1.165) is 0 Å². The first kappa shape index (κ1) is 16.0. The molecule has 0 aromatic carbocycles. The van der Waals surface area contributed by atoms with Gasteiger partial charge in [0.1, 0.15) is 12.6 Å². The van der Waals surface area contributed by atoms with Crippen molar-refractivity contribution in [2.24, 2.45) is 0 Å². The van der Waals surface area contributed by atoms with Crippen LogP contribution in [0.2, 0.25) is 0 Å². The number of carboxylic acid groups (broad SMARTS) is 1. The van der Waals surface area contributed by atoms with Crippen molar-refractivity contribution in [1.82, 2.24) is 15.3 Å². The van der Waals surface area contributed by atoms with Gasteiger partial charge in [-0.05, 0) is 0 Å². The van der Waals surface area contributed by atoms with Gasteiger partial charge in [0.2, 0.25) is 5.91 Å². The molecule has 0 spiro atoms. The lowest BCUT2D eigenvalue weighted by Crippen LogP contribution is -2.42. The fraction of sp³-hybridized carbons (Fsp3) is 0.545. The normalized spacial score (nSPS) is 12.3. The second-order valence-corrected chi connectivity index (χ2v) is 3.96. The van der Waals surface area contributed by atoms with Gasteiger partial charge in [0.25, 0.3) is 6.43 Å². The number of carbonyl (C=O) groups is 2. The summed E-state index contributed by atoms with van der Waals surface area (Å²) < 4.78 is 28.1. The molecule has 1 atom stereocenters. The number of aromatic amines is 1. The largest absolute Gasteiger partial charge is 0.480 e. The molecule has 1 heterocycles. The van der Waals surface area contributed by atoms with E-state index in [2.05, 4.69) is 20.0 Å². The fourth-order valence-corrected chi connectivity index (χ4v) is 1.42. The molecule has 0 saturated heterocycles. The van der Waals surface area contributed by atoms with E-state index in [0.29, 0.717) is 5.69 Å². The Morgan fingerprint density at radius 1 is 1.50 bits per heavy atom. The molecule has 0 saturated carbocycles. The van der Waals surface area contributed by atoms with Gasteiger partial charge in [-0.1, -0.05) is 0 Å². The molecular formula is C11H15F2N3O4. The highest BCUT2D eigenvalue weighted by atomic mass is 19.3. The van der Waals surface area contributed by atoms with Crippen molar-refractivity contribution in [2.45, 2.75) is 25.3 Å². The highest BCUT2D eigenvalue weighted by molar-refractivity contribution is 5.83. The van der Waals surface area contributed by atoms with Gasteiger partial charge < -0.3 is 20.1 Å². The number of nitrogens with one attached hydrogen (secondary N) is 2. The van der Waals surface area contributed by atoms with Crippen LogP contribution in [-0.2, 0) is 20.7 Å². The molecule has 1 aromatic heterocycles. The number of halogens is 2. The minimum Gasteiger partial charge on any atom is -0.480 e. The van der Waals surface area contributed by atoms with Crippen LogP contribution in [0.15, 0.2) is 12.5 Å². The van der Waals surface area contributed by atoms with Gasteiger partial charge in [-0.3, -0.25) is 4.79 Å². The van der Waals surface area contributed by atoms with Crippen LogP contribution in [0, 0.1) is 0 Å². The lowest BCUT2D eigenvalue weighted by atomic mass is 10.1. The van der Waals surface area contributed by atoms with Crippen LogP contribution >= 0.6 is 0 Å². The predicted molar refractivity (Wildman–Crippen MR) is 63.3 cm³/mol. The lowest BCUT2D eigenvalue weighted by molar-refractivity contribution is -0.142.